The first-order valence-corrected chi connectivity index (χ1v) is 5.25. The molecule has 5 nitrogen and oxygen atoms in total. The molecule has 0 aromatic rings. The molecule has 2 atom stereocenters. The second-order valence-corrected chi connectivity index (χ2v) is 4.58. The minimum Gasteiger partial charge on any atom is -0.394 e. The number of aliphatic hydroxyl groups excluding tert-OH is 4. The molecule has 0 radical (unpaired) electrons. The van der Waals surface area contributed by atoms with E-state index in [1.165, 1.54) is 0 Å². The van der Waals surface area contributed by atoms with E-state index in [9.17, 15) is 15.3 Å². The van der Waals surface area contributed by atoms with Gasteiger partial charge in [-0.1, -0.05) is 12.2 Å². The summed E-state index contributed by atoms with van der Waals surface area (Å²) in [5.74, 6) is 0. The predicted octanol–water partition coefficient (Wildman–Crippen LogP) is -1.54. The maximum Gasteiger partial charge on any atom is 0.110 e. The third-order valence-corrected chi connectivity index (χ3v) is 2.76. The molecule has 2 unspecified atom stereocenters. The Kier molecular flexibility index (Phi) is 6.85. The Labute approximate surface area is 98.8 Å². The van der Waals surface area contributed by atoms with Gasteiger partial charge in [-0.15, -0.1) is 12.6 Å². The van der Waals surface area contributed by atoms with Crippen molar-refractivity contribution in [3.63, 3.8) is 0 Å². The van der Waals surface area contributed by atoms with Crippen molar-refractivity contribution >= 4 is 29.0 Å². The fraction of sp³-hybridized carbons (Fsp3) is 0.875. The van der Waals surface area contributed by atoms with E-state index in [0.29, 0.717) is 0 Å². The molecule has 0 saturated carbocycles. The van der Waals surface area contributed by atoms with Crippen molar-refractivity contribution in [3.05, 3.63) is 0 Å². The number of hydrogen-bond acceptors (Lipinski definition) is 6. The van der Waals surface area contributed by atoms with Gasteiger partial charge in [0.1, 0.15) is 5.60 Å². The lowest BCUT2D eigenvalue weighted by atomic mass is 9.92. The lowest BCUT2D eigenvalue weighted by Crippen LogP contribution is -2.43. The number of thiol groups is 1. The first-order chi connectivity index (χ1) is 6.85. The van der Waals surface area contributed by atoms with Crippen LogP contribution in [0.15, 0.2) is 0 Å². The SMILES string of the molecule is OCC(O)CC(O)(CC(O)CO)C(=S)S. The van der Waals surface area contributed by atoms with Gasteiger partial charge in [-0.2, -0.15) is 0 Å². The molecular weight excluding hydrogens is 240 g/mol. The Morgan fingerprint density at radius 3 is 1.67 bits per heavy atom. The second-order valence-electron chi connectivity index (χ2n) is 3.42. The smallest absolute Gasteiger partial charge is 0.110 e. The third-order valence-electron chi connectivity index (χ3n) is 1.97. The van der Waals surface area contributed by atoms with Crippen molar-refractivity contribution in [2.75, 3.05) is 13.2 Å². The molecule has 7 heteroatoms. The third kappa shape index (κ3) is 5.21. The molecule has 0 saturated heterocycles. The summed E-state index contributed by atoms with van der Waals surface area (Å²) in [6.07, 6.45) is -2.76. The maximum atomic E-state index is 9.93. The Hall–Kier alpha value is 0.240. The van der Waals surface area contributed by atoms with Gasteiger partial charge in [0, 0.05) is 12.8 Å². The molecule has 0 amide bonds. The Bertz CT molecular complexity index is 199. The van der Waals surface area contributed by atoms with E-state index >= 15 is 0 Å². The van der Waals surface area contributed by atoms with Crippen LogP contribution in [0.25, 0.3) is 0 Å². The standard InChI is InChI=1S/C8H16O5S2/c9-3-5(11)1-8(13,7(14)15)2-6(12)4-10/h5-6,9-13H,1-4H2,(H,14,15). The van der Waals surface area contributed by atoms with Crippen LogP contribution in [-0.4, -0.2) is 60.8 Å². The zero-order chi connectivity index (χ0) is 12.1. The zero-order valence-electron chi connectivity index (χ0n) is 8.07. The lowest BCUT2D eigenvalue weighted by Gasteiger charge is -2.30. The molecule has 0 aliphatic heterocycles. The number of rotatable bonds is 7. The van der Waals surface area contributed by atoms with E-state index in [4.69, 9.17) is 22.4 Å². The summed E-state index contributed by atoms with van der Waals surface area (Å²) in [4.78, 5) is 0. The van der Waals surface area contributed by atoms with Crippen molar-refractivity contribution in [1.82, 2.24) is 0 Å². The molecule has 0 aromatic heterocycles. The molecule has 0 rings (SSSR count). The fourth-order valence-electron chi connectivity index (χ4n) is 1.17. The van der Waals surface area contributed by atoms with Crippen molar-refractivity contribution in [2.24, 2.45) is 0 Å². The normalized spacial score (nSPS) is 19.3. The number of hydrogen-bond donors (Lipinski definition) is 6. The molecule has 0 aliphatic carbocycles. The summed E-state index contributed by atoms with van der Waals surface area (Å²) in [5.41, 5.74) is -1.68. The van der Waals surface area contributed by atoms with Gasteiger partial charge in [0.2, 0.25) is 0 Å². The highest BCUT2D eigenvalue weighted by Crippen LogP contribution is 2.24. The first-order valence-electron chi connectivity index (χ1n) is 4.39. The van der Waals surface area contributed by atoms with E-state index in [1.807, 2.05) is 0 Å². The average molecular weight is 256 g/mol. The maximum absolute atomic E-state index is 9.93. The molecule has 5 N–H and O–H groups in total. The fourth-order valence-corrected chi connectivity index (χ4v) is 1.52. The van der Waals surface area contributed by atoms with Crippen LogP contribution in [0.4, 0.5) is 0 Å². The topological polar surface area (TPSA) is 101 Å². The Balaban J connectivity index is 4.52. The number of aliphatic hydroxyl groups is 5. The molecule has 15 heavy (non-hydrogen) atoms. The Morgan fingerprint density at radius 2 is 1.47 bits per heavy atom. The largest absolute Gasteiger partial charge is 0.394 e. The summed E-state index contributed by atoms with van der Waals surface area (Å²) in [5, 5.41) is 45.6. The molecular formula is C8H16O5S2. The van der Waals surface area contributed by atoms with Gasteiger partial charge in [0.25, 0.3) is 0 Å². The van der Waals surface area contributed by atoms with Crippen molar-refractivity contribution in [3.8, 4) is 0 Å². The van der Waals surface area contributed by atoms with E-state index in [-0.39, 0.29) is 17.0 Å². The quantitative estimate of drug-likeness (QED) is 0.244. The Morgan fingerprint density at radius 1 is 1.13 bits per heavy atom. The van der Waals surface area contributed by atoms with Crippen molar-refractivity contribution in [2.45, 2.75) is 30.7 Å². The summed E-state index contributed by atoms with van der Waals surface area (Å²) in [6.45, 7) is -1.04. The van der Waals surface area contributed by atoms with Gasteiger partial charge in [0.05, 0.1) is 29.6 Å². The zero-order valence-corrected chi connectivity index (χ0v) is 9.79. The second kappa shape index (κ2) is 6.74. The van der Waals surface area contributed by atoms with Gasteiger partial charge in [-0.3, -0.25) is 0 Å². The average Bonchev–Trinajstić information content (AvgIpc) is 2.16. The van der Waals surface area contributed by atoms with Crippen LogP contribution in [0.5, 0.6) is 0 Å². The lowest BCUT2D eigenvalue weighted by molar-refractivity contribution is -0.0210. The van der Waals surface area contributed by atoms with Crippen molar-refractivity contribution in [1.29, 1.82) is 0 Å². The highest BCUT2D eigenvalue weighted by molar-refractivity contribution is 8.11. The van der Waals surface area contributed by atoms with Crippen LogP contribution < -0.4 is 0 Å². The van der Waals surface area contributed by atoms with Crippen LogP contribution in [0.1, 0.15) is 12.8 Å². The van der Waals surface area contributed by atoms with Crippen LogP contribution in [0.2, 0.25) is 0 Å². The summed E-state index contributed by atoms with van der Waals surface area (Å²) >= 11 is 8.49. The van der Waals surface area contributed by atoms with Gasteiger partial charge < -0.3 is 25.5 Å². The molecule has 0 fully saturated rings. The van der Waals surface area contributed by atoms with Crippen LogP contribution in [0, 0.1) is 0 Å². The first kappa shape index (κ1) is 15.2. The van der Waals surface area contributed by atoms with Gasteiger partial charge in [-0.05, 0) is 0 Å². The van der Waals surface area contributed by atoms with Gasteiger partial charge in [-0.25, -0.2) is 0 Å². The van der Waals surface area contributed by atoms with Crippen molar-refractivity contribution < 1.29 is 25.5 Å². The monoisotopic (exact) mass is 256 g/mol. The highest BCUT2D eigenvalue weighted by Gasteiger charge is 2.34. The molecule has 0 aliphatic rings. The van der Waals surface area contributed by atoms with E-state index in [2.05, 4.69) is 12.6 Å². The molecule has 0 spiro atoms. The molecule has 0 bridgehead atoms. The minimum absolute atomic E-state index is 0.0949. The molecule has 0 heterocycles. The number of thiocarbonyl (C=S) groups is 1. The van der Waals surface area contributed by atoms with Crippen LogP contribution >= 0.6 is 24.8 Å². The van der Waals surface area contributed by atoms with E-state index in [0.717, 1.165) is 0 Å². The summed E-state index contributed by atoms with van der Waals surface area (Å²) in [7, 11) is 0. The van der Waals surface area contributed by atoms with E-state index in [1.54, 1.807) is 0 Å². The van der Waals surface area contributed by atoms with Crippen LogP contribution in [-0.2, 0) is 0 Å². The van der Waals surface area contributed by atoms with Gasteiger partial charge in [0.15, 0.2) is 0 Å². The summed E-state index contributed by atoms with van der Waals surface area (Å²) in [6, 6.07) is 0. The molecule has 90 valence electrons. The highest BCUT2D eigenvalue weighted by atomic mass is 32.1. The van der Waals surface area contributed by atoms with E-state index < -0.39 is 31.0 Å². The minimum atomic E-state index is -1.68. The predicted molar refractivity (Wildman–Crippen MR) is 62.0 cm³/mol. The summed E-state index contributed by atoms with van der Waals surface area (Å²) < 4.78 is -0.0949. The van der Waals surface area contributed by atoms with Gasteiger partial charge >= 0.3 is 0 Å². The molecule has 0 aromatic carbocycles. The van der Waals surface area contributed by atoms with Crippen LogP contribution in [0.3, 0.4) is 0 Å².